The molecule has 38 heavy (non-hydrogen) atoms. The molecule has 3 nitrogen and oxygen atoms in total. The van der Waals surface area contributed by atoms with Crippen LogP contribution in [-0.4, -0.2) is 25.5 Å². The average Bonchev–Trinajstić information content (AvgIpc) is 2.96. The van der Waals surface area contributed by atoms with Gasteiger partial charge in [-0.25, -0.2) is 0 Å². The van der Waals surface area contributed by atoms with Crippen molar-refractivity contribution >= 4 is 28.5 Å². The Morgan fingerprint density at radius 3 is 1.29 bits per heavy atom. The first kappa shape index (κ1) is 27.0. The van der Waals surface area contributed by atoms with Gasteiger partial charge in [0.25, 0.3) is 0 Å². The molecule has 5 rings (SSSR count). The molecule has 0 saturated heterocycles. The largest absolute Gasteiger partial charge is 2.00 e. The Hall–Kier alpha value is -4.07. The van der Waals surface area contributed by atoms with E-state index in [-0.39, 0.29) is 21.1 Å². The number of aliphatic imine (C=N–C) groups is 2. The SMILES string of the molecule is CN=C(c1[c-]c(N(c2[c-]c(C(=NC)c3ccccc3)ccc2)c2ccccc2)ccc1)c1ccccc1.[Pt+2]. The summed E-state index contributed by atoms with van der Waals surface area (Å²) in [4.78, 5) is 11.4. The summed E-state index contributed by atoms with van der Waals surface area (Å²) in [5, 5.41) is 0. The zero-order valence-electron chi connectivity index (χ0n) is 21.3. The molecule has 0 aromatic heterocycles. The molecule has 0 heterocycles. The first-order valence-electron chi connectivity index (χ1n) is 12.2. The van der Waals surface area contributed by atoms with Crippen molar-refractivity contribution in [2.24, 2.45) is 9.98 Å². The molecule has 0 spiro atoms. The summed E-state index contributed by atoms with van der Waals surface area (Å²) >= 11 is 0. The maximum absolute atomic E-state index is 4.60. The zero-order chi connectivity index (χ0) is 25.5. The summed E-state index contributed by atoms with van der Waals surface area (Å²) in [6.07, 6.45) is 0. The second-order valence-electron chi connectivity index (χ2n) is 8.45. The van der Waals surface area contributed by atoms with Crippen LogP contribution in [0.3, 0.4) is 0 Å². The second-order valence-corrected chi connectivity index (χ2v) is 8.45. The molecule has 0 radical (unpaired) electrons. The van der Waals surface area contributed by atoms with Crippen molar-refractivity contribution < 1.29 is 21.1 Å². The first-order chi connectivity index (χ1) is 18.3. The minimum atomic E-state index is 0. The molecule has 5 aromatic carbocycles. The Morgan fingerprint density at radius 1 is 0.500 bits per heavy atom. The predicted octanol–water partition coefficient (Wildman–Crippen LogP) is 7.69. The molecule has 0 fully saturated rings. The van der Waals surface area contributed by atoms with Crippen LogP contribution in [0.5, 0.6) is 0 Å². The summed E-state index contributed by atoms with van der Waals surface area (Å²) in [5.74, 6) is 0. The molecule has 4 heteroatoms. The van der Waals surface area contributed by atoms with Gasteiger partial charge in [0, 0.05) is 19.8 Å². The molecule has 0 N–H and O–H groups in total. The van der Waals surface area contributed by atoms with Crippen LogP contribution >= 0.6 is 0 Å². The Labute approximate surface area is 239 Å². The summed E-state index contributed by atoms with van der Waals surface area (Å²) in [6, 6.07) is 50.4. The van der Waals surface area contributed by atoms with Crippen LogP contribution in [0.2, 0.25) is 0 Å². The minimum Gasteiger partial charge on any atom is -0.346 e. The van der Waals surface area contributed by atoms with Gasteiger partial charge in [-0.05, 0) is 46.1 Å². The van der Waals surface area contributed by atoms with E-state index in [1.165, 1.54) is 0 Å². The number of hydrogen-bond acceptors (Lipinski definition) is 3. The van der Waals surface area contributed by atoms with E-state index >= 15 is 0 Å². The van der Waals surface area contributed by atoms with Gasteiger partial charge in [-0.15, -0.1) is 59.7 Å². The van der Waals surface area contributed by atoms with Gasteiger partial charge < -0.3 is 14.9 Å². The van der Waals surface area contributed by atoms with Crippen LogP contribution in [0.25, 0.3) is 0 Å². The number of anilines is 3. The number of benzene rings is 5. The van der Waals surface area contributed by atoms with Crippen LogP contribution in [-0.2, 0) is 21.1 Å². The maximum Gasteiger partial charge on any atom is 2.00 e. The number of rotatable bonds is 7. The summed E-state index contributed by atoms with van der Waals surface area (Å²) in [5.41, 5.74) is 8.62. The second kappa shape index (κ2) is 12.9. The summed E-state index contributed by atoms with van der Waals surface area (Å²) in [7, 11) is 3.65. The van der Waals surface area contributed by atoms with Crippen LogP contribution in [0.15, 0.2) is 137 Å². The molecule has 0 aliphatic heterocycles. The summed E-state index contributed by atoms with van der Waals surface area (Å²) in [6.45, 7) is 0. The van der Waals surface area contributed by atoms with Crippen molar-refractivity contribution in [1.82, 2.24) is 0 Å². The van der Waals surface area contributed by atoms with Crippen molar-refractivity contribution in [3.63, 3.8) is 0 Å². The summed E-state index contributed by atoms with van der Waals surface area (Å²) < 4.78 is 0. The van der Waals surface area contributed by atoms with Gasteiger partial charge in [-0.3, -0.25) is 0 Å². The third-order valence-electron chi connectivity index (χ3n) is 6.11. The van der Waals surface area contributed by atoms with Gasteiger partial charge in [0.15, 0.2) is 0 Å². The third-order valence-corrected chi connectivity index (χ3v) is 6.11. The van der Waals surface area contributed by atoms with Gasteiger partial charge in [0.2, 0.25) is 0 Å². The molecular formula is C34H27N3Pt. The van der Waals surface area contributed by atoms with Gasteiger partial charge in [-0.2, -0.15) is 0 Å². The fourth-order valence-corrected chi connectivity index (χ4v) is 4.44. The van der Waals surface area contributed by atoms with Gasteiger partial charge >= 0.3 is 21.1 Å². The fraction of sp³-hybridized carbons (Fsp3) is 0.0588. The van der Waals surface area contributed by atoms with E-state index in [2.05, 4.69) is 99.8 Å². The van der Waals surface area contributed by atoms with Crippen LogP contribution in [0.1, 0.15) is 22.3 Å². The van der Waals surface area contributed by atoms with Crippen LogP contribution < -0.4 is 4.90 Å². The van der Waals surface area contributed by atoms with E-state index in [0.29, 0.717) is 0 Å². The molecule has 0 saturated carbocycles. The molecular weight excluding hydrogens is 645 g/mol. The molecule has 5 aromatic rings. The molecule has 0 aliphatic carbocycles. The van der Waals surface area contributed by atoms with Crippen molar-refractivity contribution in [1.29, 1.82) is 0 Å². The van der Waals surface area contributed by atoms with Crippen molar-refractivity contribution in [2.75, 3.05) is 19.0 Å². The topological polar surface area (TPSA) is 28.0 Å². The van der Waals surface area contributed by atoms with E-state index in [0.717, 1.165) is 50.7 Å². The standard InChI is InChI=1S/C34H27N3.Pt/c1-35-33(26-14-6-3-7-15-26)28-18-12-22-31(24-28)37(30-20-10-5-11-21-30)32-23-13-19-29(25-32)34(36-2)27-16-8-4-9-17-27;/h3-23H,1-2H3;/q-2;+2. The van der Waals surface area contributed by atoms with Gasteiger partial charge in [0.05, 0.1) is 0 Å². The zero-order valence-corrected chi connectivity index (χ0v) is 23.6. The Morgan fingerprint density at radius 2 is 0.895 bits per heavy atom. The number of para-hydroxylation sites is 1. The van der Waals surface area contributed by atoms with Gasteiger partial charge in [-0.1, -0.05) is 78.9 Å². The molecule has 0 bridgehead atoms. The molecule has 0 atom stereocenters. The smallest absolute Gasteiger partial charge is 0.346 e. The molecule has 0 aliphatic rings. The Kier molecular flexibility index (Phi) is 9.19. The van der Waals surface area contributed by atoms with Crippen molar-refractivity contribution in [3.05, 3.63) is 162 Å². The van der Waals surface area contributed by atoms with Gasteiger partial charge in [0.1, 0.15) is 0 Å². The van der Waals surface area contributed by atoms with E-state index in [4.69, 9.17) is 0 Å². The van der Waals surface area contributed by atoms with Crippen LogP contribution in [0, 0.1) is 12.1 Å². The fourth-order valence-electron chi connectivity index (χ4n) is 4.44. The van der Waals surface area contributed by atoms with Crippen molar-refractivity contribution in [3.8, 4) is 0 Å². The first-order valence-corrected chi connectivity index (χ1v) is 12.2. The Balaban J connectivity index is 0.00000336. The quantitative estimate of drug-likeness (QED) is 0.129. The molecule has 0 unspecified atom stereocenters. The predicted molar refractivity (Wildman–Crippen MR) is 155 cm³/mol. The normalized spacial score (nSPS) is 11.5. The number of hydrogen-bond donors (Lipinski definition) is 0. The minimum absolute atomic E-state index is 0. The van der Waals surface area contributed by atoms with E-state index in [1.54, 1.807) is 0 Å². The molecule has 0 amide bonds. The van der Waals surface area contributed by atoms with E-state index in [9.17, 15) is 0 Å². The van der Waals surface area contributed by atoms with E-state index in [1.807, 2.05) is 68.7 Å². The van der Waals surface area contributed by atoms with E-state index < -0.39 is 0 Å². The van der Waals surface area contributed by atoms with Crippen molar-refractivity contribution in [2.45, 2.75) is 0 Å². The third kappa shape index (κ3) is 5.90. The average molecular weight is 673 g/mol. The monoisotopic (exact) mass is 672 g/mol. The number of nitrogens with zero attached hydrogens (tertiary/aromatic N) is 3. The van der Waals surface area contributed by atoms with Crippen LogP contribution in [0.4, 0.5) is 17.1 Å². The Bertz CT molecular complexity index is 1430. The molecule has 188 valence electrons. The maximum atomic E-state index is 4.60.